The van der Waals surface area contributed by atoms with Crippen LogP contribution < -0.4 is 9.64 Å². The van der Waals surface area contributed by atoms with Crippen molar-refractivity contribution in [2.75, 3.05) is 18.1 Å². The first-order chi connectivity index (χ1) is 11.0. The molecule has 3 rings (SSSR count). The molecule has 0 fully saturated rings. The van der Waals surface area contributed by atoms with E-state index in [9.17, 15) is 18.0 Å². The van der Waals surface area contributed by atoms with Gasteiger partial charge in [0.2, 0.25) is 0 Å². The number of hydrogen-bond acceptors (Lipinski definition) is 2. The summed E-state index contributed by atoms with van der Waals surface area (Å²) < 4.78 is 45.3. The molecule has 0 N–H and O–H groups in total. The largest absolute Gasteiger partial charge is 0.484 e. The second-order valence-electron chi connectivity index (χ2n) is 5.05. The number of halogens is 4. The van der Waals surface area contributed by atoms with Gasteiger partial charge in [0.25, 0.3) is 5.91 Å². The third-order valence-corrected chi connectivity index (χ3v) is 3.86. The van der Waals surface area contributed by atoms with Gasteiger partial charge < -0.3 is 9.64 Å². The molecule has 2 aromatic rings. The summed E-state index contributed by atoms with van der Waals surface area (Å²) in [4.78, 5) is 13.5. The number of ether oxygens (including phenoxy) is 1. The minimum Gasteiger partial charge on any atom is -0.484 e. The van der Waals surface area contributed by atoms with Crippen LogP contribution in [0, 0.1) is 17.5 Å². The summed E-state index contributed by atoms with van der Waals surface area (Å²) in [7, 11) is 0. The zero-order valence-electron chi connectivity index (χ0n) is 11.8. The van der Waals surface area contributed by atoms with Crippen LogP contribution in [0.5, 0.6) is 5.75 Å². The van der Waals surface area contributed by atoms with Crippen molar-refractivity contribution in [3.63, 3.8) is 0 Å². The number of amides is 1. The number of nitrogens with zero attached hydrogens (tertiary/aromatic N) is 1. The van der Waals surface area contributed by atoms with E-state index in [1.165, 1.54) is 17.0 Å². The molecule has 0 unspecified atom stereocenters. The molecular formula is C16H11ClF3NO2. The van der Waals surface area contributed by atoms with Crippen molar-refractivity contribution in [1.29, 1.82) is 0 Å². The number of rotatable bonds is 3. The van der Waals surface area contributed by atoms with Crippen molar-refractivity contribution in [2.24, 2.45) is 0 Å². The summed E-state index contributed by atoms with van der Waals surface area (Å²) in [5.74, 6) is -2.22. The molecule has 1 aliphatic heterocycles. The van der Waals surface area contributed by atoms with Crippen LogP contribution in [0.1, 0.15) is 5.56 Å². The molecule has 0 aromatic heterocycles. The van der Waals surface area contributed by atoms with Crippen LogP contribution in [0.4, 0.5) is 18.9 Å². The number of anilines is 1. The predicted octanol–water partition coefficient (Wildman–Crippen LogP) is 3.73. The Labute approximate surface area is 135 Å². The zero-order valence-corrected chi connectivity index (χ0v) is 12.5. The first-order valence-electron chi connectivity index (χ1n) is 6.82. The van der Waals surface area contributed by atoms with E-state index in [1.54, 1.807) is 0 Å². The molecule has 120 valence electrons. The van der Waals surface area contributed by atoms with Gasteiger partial charge in [0, 0.05) is 24.2 Å². The maximum absolute atomic E-state index is 13.7. The fourth-order valence-electron chi connectivity index (χ4n) is 2.47. The number of hydrogen-bond donors (Lipinski definition) is 0. The Kier molecular flexibility index (Phi) is 4.17. The van der Waals surface area contributed by atoms with Crippen molar-refractivity contribution < 1.29 is 22.7 Å². The van der Waals surface area contributed by atoms with Gasteiger partial charge in [0.1, 0.15) is 23.2 Å². The van der Waals surface area contributed by atoms with E-state index in [-0.39, 0.29) is 29.6 Å². The summed E-state index contributed by atoms with van der Waals surface area (Å²) in [5, 5.41) is -0.120. The smallest absolute Gasteiger partial charge is 0.264 e. The van der Waals surface area contributed by atoms with Crippen molar-refractivity contribution >= 4 is 23.2 Å². The van der Waals surface area contributed by atoms with E-state index >= 15 is 0 Å². The Morgan fingerprint density at radius 1 is 1.17 bits per heavy atom. The van der Waals surface area contributed by atoms with Crippen LogP contribution in [-0.2, 0) is 11.2 Å². The quantitative estimate of drug-likeness (QED) is 0.851. The molecule has 1 heterocycles. The van der Waals surface area contributed by atoms with Crippen LogP contribution in [0.3, 0.4) is 0 Å². The molecule has 0 saturated heterocycles. The minimum atomic E-state index is -0.743. The standard InChI is InChI=1S/C16H11ClF3NO2/c17-12-7-10(1-2-13(12)19)23-8-16(22)21-4-3-11-14(20)5-9(18)6-15(11)21/h1-2,5-7H,3-4,8H2. The molecule has 1 amide bonds. The Bertz CT molecular complexity index is 782. The monoisotopic (exact) mass is 341 g/mol. The van der Waals surface area contributed by atoms with Crippen LogP contribution in [0.2, 0.25) is 5.02 Å². The van der Waals surface area contributed by atoms with Gasteiger partial charge in [-0.25, -0.2) is 13.2 Å². The SMILES string of the molecule is O=C(COc1ccc(F)c(Cl)c1)N1CCc2c(F)cc(F)cc21. The highest BCUT2D eigenvalue weighted by molar-refractivity contribution is 6.30. The third kappa shape index (κ3) is 3.12. The van der Waals surface area contributed by atoms with E-state index in [2.05, 4.69) is 0 Å². The fraction of sp³-hybridized carbons (Fsp3) is 0.188. The molecule has 0 radical (unpaired) electrons. The summed E-state index contributed by atoms with van der Waals surface area (Å²) in [6, 6.07) is 5.63. The van der Waals surface area contributed by atoms with Gasteiger partial charge in [0.05, 0.1) is 10.7 Å². The Morgan fingerprint density at radius 3 is 2.70 bits per heavy atom. The molecule has 0 atom stereocenters. The van der Waals surface area contributed by atoms with Gasteiger partial charge in [-0.3, -0.25) is 4.79 Å². The normalized spacial score (nSPS) is 13.1. The van der Waals surface area contributed by atoms with Gasteiger partial charge in [-0.1, -0.05) is 11.6 Å². The van der Waals surface area contributed by atoms with Gasteiger partial charge in [-0.05, 0) is 24.6 Å². The highest BCUT2D eigenvalue weighted by Crippen LogP contribution is 2.31. The third-order valence-electron chi connectivity index (χ3n) is 3.57. The number of carbonyl (C=O) groups excluding carboxylic acids is 1. The molecule has 0 aliphatic carbocycles. The van der Waals surface area contributed by atoms with E-state index in [1.807, 2.05) is 0 Å². The van der Waals surface area contributed by atoms with Gasteiger partial charge >= 0.3 is 0 Å². The maximum Gasteiger partial charge on any atom is 0.264 e. The first kappa shape index (κ1) is 15.7. The predicted molar refractivity (Wildman–Crippen MR) is 79.3 cm³/mol. The average molecular weight is 342 g/mol. The van der Waals surface area contributed by atoms with Crippen molar-refractivity contribution in [2.45, 2.75) is 6.42 Å². The van der Waals surface area contributed by atoms with E-state index in [0.717, 1.165) is 18.2 Å². The molecule has 0 spiro atoms. The lowest BCUT2D eigenvalue weighted by molar-refractivity contribution is -0.120. The molecule has 7 heteroatoms. The van der Waals surface area contributed by atoms with E-state index in [4.69, 9.17) is 16.3 Å². The minimum absolute atomic E-state index is 0.120. The lowest BCUT2D eigenvalue weighted by Crippen LogP contribution is -2.33. The Balaban J connectivity index is 1.72. The second-order valence-corrected chi connectivity index (χ2v) is 5.45. The summed E-state index contributed by atoms with van der Waals surface area (Å²) >= 11 is 5.62. The van der Waals surface area contributed by atoms with Gasteiger partial charge in [0.15, 0.2) is 6.61 Å². The van der Waals surface area contributed by atoms with Crippen molar-refractivity contribution in [3.8, 4) is 5.75 Å². The fourth-order valence-corrected chi connectivity index (χ4v) is 2.64. The van der Waals surface area contributed by atoms with Crippen LogP contribution in [-0.4, -0.2) is 19.1 Å². The summed E-state index contributed by atoms with van der Waals surface area (Å²) in [5.41, 5.74) is 0.526. The van der Waals surface area contributed by atoms with Gasteiger partial charge in [-0.2, -0.15) is 0 Å². The van der Waals surface area contributed by atoms with Crippen LogP contribution >= 0.6 is 11.6 Å². The molecule has 1 aliphatic rings. The maximum atomic E-state index is 13.7. The number of carbonyl (C=O) groups is 1. The molecule has 2 aromatic carbocycles. The van der Waals surface area contributed by atoms with E-state index in [0.29, 0.717) is 12.0 Å². The highest BCUT2D eigenvalue weighted by atomic mass is 35.5. The summed E-state index contributed by atoms with van der Waals surface area (Å²) in [6.45, 7) is -0.0956. The number of fused-ring (bicyclic) bond motifs is 1. The number of benzene rings is 2. The molecule has 0 bridgehead atoms. The first-order valence-corrected chi connectivity index (χ1v) is 7.19. The molecular weight excluding hydrogens is 331 g/mol. The molecule has 23 heavy (non-hydrogen) atoms. The highest BCUT2D eigenvalue weighted by Gasteiger charge is 2.28. The average Bonchev–Trinajstić information content (AvgIpc) is 2.92. The molecule has 0 saturated carbocycles. The topological polar surface area (TPSA) is 29.5 Å². The lowest BCUT2D eigenvalue weighted by atomic mass is 10.1. The Hall–Kier alpha value is -2.21. The van der Waals surface area contributed by atoms with Crippen molar-refractivity contribution in [3.05, 3.63) is 58.4 Å². The second kappa shape index (κ2) is 6.12. The van der Waals surface area contributed by atoms with Crippen LogP contribution in [0.15, 0.2) is 30.3 Å². The molecule has 3 nitrogen and oxygen atoms in total. The van der Waals surface area contributed by atoms with E-state index < -0.39 is 23.4 Å². The summed E-state index contributed by atoms with van der Waals surface area (Å²) in [6.07, 6.45) is 0.315. The van der Waals surface area contributed by atoms with Crippen molar-refractivity contribution in [1.82, 2.24) is 0 Å². The Morgan fingerprint density at radius 2 is 1.96 bits per heavy atom. The zero-order chi connectivity index (χ0) is 16.6. The lowest BCUT2D eigenvalue weighted by Gasteiger charge is -2.18. The van der Waals surface area contributed by atoms with Gasteiger partial charge in [-0.15, -0.1) is 0 Å². The van der Waals surface area contributed by atoms with Crippen LogP contribution in [0.25, 0.3) is 0 Å².